The van der Waals surface area contributed by atoms with Crippen LogP contribution in [0.15, 0.2) is 29.2 Å². The van der Waals surface area contributed by atoms with Crippen molar-refractivity contribution in [1.29, 1.82) is 0 Å². The molecule has 0 N–H and O–H groups in total. The summed E-state index contributed by atoms with van der Waals surface area (Å²) in [5, 5.41) is 0. The minimum atomic E-state index is -3.58. The Kier molecular flexibility index (Phi) is 6.70. The normalized spacial score (nSPS) is 23.0. The number of hydrogen-bond acceptors (Lipinski definition) is 4. The van der Waals surface area contributed by atoms with E-state index in [-0.39, 0.29) is 22.4 Å². The topological polar surface area (TPSA) is 60.9 Å². The van der Waals surface area contributed by atoms with Crippen LogP contribution in [-0.4, -0.2) is 72.7 Å². The largest absolute Gasteiger partial charge is 0.337 e. The molecule has 0 aromatic heterocycles. The van der Waals surface area contributed by atoms with Crippen LogP contribution in [0.3, 0.4) is 0 Å². The summed E-state index contributed by atoms with van der Waals surface area (Å²) in [6.45, 7) is 12.3. The third-order valence-electron chi connectivity index (χ3n) is 6.16. The van der Waals surface area contributed by atoms with Gasteiger partial charge in [0, 0.05) is 49.9 Å². The summed E-state index contributed by atoms with van der Waals surface area (Å²) in [6.07, 6.45) is 3.76. The molecule has 7 heteroatoms. The molecular weight excluding hydrogens is 386 g/mol. The summed E-state index contributed by atoms with van der Waals surface area (Å²) in [4.78, 5) is 17.6. The van der Waals surface area contributed by atoms with Gasteiger partial charge in [-0.3, -0.25) is 9.69 Å². The lowest BCUT2D eigenvalue weighted by molar-refractivity contribution is 0.0749. The van der Waals surface area contributed by atoms with Gasteiger partial charge in [-0.15, -0.1) is 0 Å². The van der Waals surface area contributed by atoms with Crippen molar-refractivity contribution in [1.82, 2.24) is 14.1 Å². The summed E-state index contributed by atoms with van der Waals surface area (Å²) < 4.78 is 27.9. The van der Waals surface area contributed by atoms with Crippen molar-refractivity contribution in [2.45, 2.75) is 69.9 Å². The van der Waals surface area contributed by atoms with Crippen LogP contribution < -0.4 is 0 Å². The van der Waals surface area contributed by atoms with Crippen LogP contribution >= 0.6 is 0 Å². The second kappa shape index (κ2) is 8.74. The maximum absolute atomic E-state index is 13.2. The maximum atomic E-state index is 13.2. The molecule has 162 valence electrons. The minimum Gasteiger partial charge on any atom is -0.337 e. The van der Waals surface area contributed by atoms with Gasteiger partial charge in [0.05, 0.1) is 4.90 Å². The lowest BCUT2D eigenvalue weighted by atomic mass is 10.1. The van der Waals surface area contributed by atoms with Crippen molar-refractivity contribution in [2.75, 3.05) is 32.7 Å². The Morgan fingerprint density at radius 3 is 2.45 bits per heavy atom. The highest BCUT2D eigenvalue weighted by atomic mass is 32.2. The number of hydrogen-bond donors (Lipinski definition) is 0. The monoisotopic (exact) mass is 421 g/mol. The molecule has 1 amide bonds. The Hall–Kier alpha value is -1.44. The average molecular weight is 422 g/mol. The number of rotatable bonds is 3. The van der Waals surface area contributed by atoms with Crippen molar-refractivity contribution in [3.8, 4) is 0 Å². The molecule has 1 unspecified atom stereocenters. The Bertz CT molecular complexity index is 832. The third kappa shape index (κ3) is 5.01. The first-order valence-electron chi connectivity index (χ1n) is 10.8. The zero-order valence-corrected chi connectivity index (χ0v) is 19.0. The first-order chi connectivity index (χ1) is 13.6. The molecule has 2 aliphatic heterocycles. The highest BCUT2D eigenvalue weighted by Crippen LogP contribution is 2.26. The molecule has 0 radical (unpaired) electrons. The van der Waals surface area contributed by atoms with E-state index in [9.17, 15) is 13.2 Å². The molecule has 29 heavy (non-hydrogen) atoms. The van der Waals surface area contributed by atoms with E-state index in [0.717, 1.165) is 38.8 Å². The SMILES string of the molecule is CC1CCCCN1S(=O)(=O)c1cccc(C(=O)N2CCCN(C(C)(C)C)CC2)c1. The standard InChI is InChI=1S/C22H35N3O3S/c1-18-9-5-6-14-25(18)29(27,28)20-11-7-10-19(17-20)21(26)23-12-8-13-24(16-15-23)22(2,3)4/h7,10-11,17-18H,5-6,8-9,12-16H2,1-4H3. The molecule has 2 fully saturated rings. The molecule has 0 aliphatic carbocycles. The molecule has 3 rings (SSSR count). The molecule has 6 nitrogen and oxygen atoms in total. The highest BCUT2D eigenvalue weighted by Gasteiger charge is 2.32. The zero-order chi connectivity index (χ0) is 21.2. The van der Waals surface area contributed by atoms with Crippen LogP contribution in [-0.2, 0) is 10.0 Å². The summed E-state index contributed by atoms with van der Waals surface area (Å²) in [7, 11) is -3.58. The van der Waals surface area contributed by atoms with Gasteiger partial charge in [0.1, 0.15) is 0 Å². The zero-order valence-electron chi connectivity index (χ0n) is 18.2. The van der Waals surface area contributed by atoms with Crippen LogP contribution in [0.1, 0.15) is 63.7 Å². The molecule has 1 atom stereocenters. The fourth-order valence-electron chi connectivity index (χ4n) is 4.33. The molecule has 0 spiro atoms. The van der Waals surface area contributed by atoms with E-state index in [4.69, 9.17) is 0 Å². The Morgan fingerprint density at radius 1 is 1.00 bits per heavy atom. The predicted octanol–water partition coefficient (Wildman–Crippen LogP) is 3.20. The van der Waals surface area contributed by atoms with Crippen molar-refractivity contribution in [3.05, 3.63) is 29.8 Å². The Morgan fingerprint density at radius 2 is 1.76 bits per heavy atom. The van der Waals surface area contributed by atoms with Crippen LogP contribution in [0.5, 0.6) is 0 Å². The van der Waals surface area contributed by atoms with Gasteiger partial charge in [0.25, 0.3) is 5.91 Å². The molecule has 1 aromatic rings. The number of benzene rings is 1. The molecule has 0 saturated carbocycles. The van der Waals surface area contributed by atoms with E-state index in [2.05, 4.69) is 25.7 Å². The van der Waals surface area contributed by atoms with E-state index in [1.165, 1.54) is 0 Å². The van der Waals surface area contributed by atoms with Gasteiger partial charge in [-0.05, 0) is 65.2 Å². The number of piperidine rings is 1. The molecule has 1 aromatic carbocycles. The molecule has 0 bridgehead atoms. The lowest BCUT2D eigenvalue weighted by Crippen LogP contribution is -2.44. The van der Waals surface area contributed by atoms with Gasteiger partial charge in [0.2, 0.25) is 10.0 Å². The molecule has 2 aliphatic rings. The average Bonchev–Trinajstić information content (AvgIpc) is 2.94. The lowest BCUT2D eigenvalue weighted by Gasteiger charge is -2.34. The number of nitrogens with zero attached hydrogens (tertiary/aromatic N) is 3. The minimum absolute atomic E-state index is 0.00194. The van der Waals surface area contributed by atoms with Crippen LogP contribution in [0.4, 0.5) is 0 Å². The first kappa shape index (κ1) is 22.2. The first-order valence-corrected chi connectivity index (χ1v) is 12.2. The predicted molar refractivity (Wildman–Crippen MR) is 115 cm³/mol. The van der Waals surface area contributed by atoms with Crippen molar-refractivity contribution >= 4 is 15.9 Å². The Balaban J connectivity index is 1.77. The van der Waals surface area contributed by atoms with Crippen molar-refractivity contribution < 1.29 is 13.2 Å². The fourth-order valence-corrected chi connectivity index (χ4v) is 6.07. The second-order valence-electron chi connectivity index (χ2n) is 9.29. The smallest absolute Gasteiger partial charge is 0.253 e. The molecule has 2 saturated heterocycles. The van der Waals surface area contributed by atoms with E-state index < -0.39 is 10.0 Å². The second-order valence-corrected chi connectivity index (χ2v) is 11.2. The van der Waals surface area contributed by atoms with E-state index in [0.29, 0.717) is 25.2 Å². The highest BCUT2D eigenvalue weighted by molar-refractivity contribution is 7.89. The maximum Gasteiger partial charge on any atom is 0.253 e. The summed E-state index contributed by atoms with van der Waals surface area (Å²) in [5.41, 5.74) is 0.540. The number of sulfonamides is 1. The number of carbonyl (C=O) groups is 1. The van der Waals surface area contributed by atoms with E-state index in [1.54, 1.807) is 28.6 Å². The van der Waals surface area contributed by atoms with Gasteiger partial charge >= 0.3 is 0 Å². The Labute approximate surface area is 175 Å². The van der Waals surface area contributed by atoms with Gasteiger partial charge in [-0.1, -0.05) is 12.5 Å². The van der Waals surface area contributed by atoms with E-state index >= 15 is 0 Å². The van der Waals surface area contributed by atoms with Crippen molar-refractivity contribution in [3.63, 3.8) is 0 Å². The van der Waals surface area contributed by atoms with Gasteiger partial charge < -0.3 is 4.90 Å². The molecule has 2 heterocycles. The van der Waals surface area contributed by atoms with Gasteiger partial charge in [-0.25, -0.2) is 8.42 Å². The van der Waals surface area contributed by atoms with E-state index in [1.807, 2.05) is 11.8 Å². The number of carbonyl (C=O) groups excluding carboxylic acids is 1. The summed E-state index contributed by atoms with van der Waals surface area (Å²) in [6, 6.07) is 6.59. The third-order valence-corrected chi connectivity index (χ3v) is 8.17. The summed E-state index contributed by atoms with van der Waals surface area (Å²) in [5.74, 6) is -0.0792. The summed E-state index contributed by atoms with van der Waals surface area (Å²) >= 11 is 0. The number of amides is 1. The van der Waals surface area contributed by atoms with Crippen LogP contribution in [0.2, 0.25) is 0 Å². The van der Waals surface area contributed by atoms with Crippen LogP contribution in [0.25, 0.3) is 0 Å². The van der Waals surface area contributed by atoms with Crippen molar-refractivity contribution in [2.24, 2.45) is 0 Å². The molecular formula is C22H35N3O3S. The fraction of sp³-hybridized carbons (Fsp3) is 0.682. The quantitative estimate of drug-likeness (QED) is 0.752. The van der Waals surface area contributed by atoms with Gasteiger partial charge in [0.15, 0.2) is 0 Å². The van der Waals surface area contributed by atoms with Crippen LogP contribution in [0, 0.1) is 0 Å². The van der Waals surface area contributed by atoms with Gasteiger partial charge in [-0.2, -0.15) is 4.31 Å².